The fourth-order valence-corrected chi connectivity index (χ4v) is 3.95. The molecule has 0 bridgehead atoms. The molecule has 1 N–H and O–H groups in total. The van der Waals surface area contributed by atoms with Crippen LogP contribution >= 0.6 is 0 Å². The fourth-order valence-electron chi connectivity index (χ4n) is 3.95. The van der Waals surface area contributed by atoms with Crippen LogP contribution in [-0.4, -0.2) is 15.5 Å². The second-order valence-electron chi connectivity index (χ2n) is 7.68. The number of hydrogen-bond donors (Lipinski definition) is 1. The molecule has 0 aliphatic carbocycles. The Morgan fingerprint density at radius 3 is 2.42 bits per heavy atom. The molecule has 0 saturated carbocycles. The quantitative estimate of drug-likeness (QED) is 0.495. The Morgan fingerprint density at radius 2 is 1.71 bits per heavy atom. The zero-order valence-corrected chi connectivity index (χ0v) is 17.9. The summed E-state index contributed by atoms with van der Waals surface area (Å²) in [5.41, 5.74) is 3.94. The van der Waals surface area contributed by atoms with Gasteiger partial charge in [-0.1, -0.05) is 49.4 Å². The molecular weight excluding hydrogens is 386 g/mol. The Balaban J connectivity index is 1.66. The number of hydrogen-bond acceptors (Lipinski definition) is 3. The van der Waals surface area contributed by atoms with Crippen molar-refractivity contribution in [3.63, 3.8) is 0 Å². The van der Waals surface area contributed by atoms with E-state index in [4.69, 9.17) is 0 Å². The Kier molecular flexibility index (Phi) is 5.67. The van der Waals surface area contributed by atoms with E-state index in [9.17, 15) is 9.59 Å². The van der Waals surface area contributed by atoms with Crippen LogP contribution in [0.1, 0.15) is 36.2 Å². The first-order valence-electron chi connectivity index (χ1n) is 10.4. The molecule has 0 radical (unpaired) electrons. The van der Waals surface area contributed by atoms with Crippen molar-refractivity contribution in [1.29, 1.82) is 0 Å². The molecular formula is C26H25N3O2. The maximum Gasteiger partial charge on any atom is 0.265 e. The van der Waals surface area contributed by atoms with Crippen molar-refractivity contribution in [2.45, 2.75) is 33.1 Å². The summed E-state index contributed by atoms with van der Waals surface area (Å²) in [4.78, 5) is 30.6. The molecule has 4 rings (SSSR count). The summed E-state index contributed by atoms with van der Waals surface area (Å²) < 4.78 is 1.61. The van der Waals surface area contributed by atoms with Crippen LogP contribution in [0.3, 0.4) is 0 Å². The second-order valence-corrected chi connectivity index (χ2v) is 7.68. The van der Waals surface area contributed by atoms with E-state index in [0.717, 1.165) is 22.5 Å². The van der Waals surface area contributed by atoms with E-state index in [1.54, 1.807) is 10.6 Å². The Labute approximate surface area is 181 Å². The molecule has 0 aliphatic rings. The van der Waals surface area contributed by atoms with Crippen molar-refractivity contribution in [2.24, 2.45) is 0 Å². The smallest absolute Gasteiger partial charge is 0.265 e. The molecule has 5 heteroatoms. The van der Waals surface area contributed by atoms with E-state index in [1.165, 1.54) is 0 Å². The molecule has 3 aromatic carbocycles. The van der Waals surface area contributed by atoms with Crippen molar-refractivity contribution >= 4 is 22.5 Å². The average molecular weight is 412 g/mol. The van der Waals surface area contributed by atoms with E-state index in [1.807, 2.05) is 87.5 Å². The topological polar surface area (TPSA) is 64.0 Å². The molecule has 1 heterocycles. The monoisotopic (exact) mass is 411 g/mol. The Hall–Kier alpha value is -3.73. The van der Waals surface area contributed by atoms with E-state index in [2.05, 4.69) is 10.3 Å². The minimum atomic E-state index is -0.213. The molecule has 0 spiro atoms. The maximum absolute atomic E-state index is 13.1. The number of rotatable bonds is 5. The lowest BCUT2D eigenvalue weighted by Gasteiger charge is -2.18. The minimum absolute atomic E-state index is 0.0368. The summed E-state index contributed by atoms with van der Waals surface area (Å²) in [5, 5.41) is 3.64. The largest absolute Gasteiger partial charge is 0.325 e. The molecule has 0 saturated heterocycles. The van der Waals surface area contributed by atoms with Gasteiger partial charge in [0.1, 0.15) is 5.82 Å². The highest BCUT2D eigenvalue weighted by Crippen LogP contribution is 2.24. The van der Waals surface area contributed by atoms with Crippen LogP contribution in [0.5, 0.6) is 0 Å². The Morgan fingerprint density at radius 1 is 1.00 bits per heavy atom. The third-order valence-corrected chi connectivity index (χ3v) is 5.60. The van der Waals surface area contributed by atoms with Crippen LogP contribution in [0, 0.1) is 13.8 Å². The highest BCUT2D eigenvalue weighted by atomic mass is 16.2. The number of amides is 1. The summed E-state index contributed by atoms with van der Waals surface area (Å²) in [6.45, 7) is 5.76. The standard InChI is InChI=1S/C26H25N3O2/c1-4-21(19-10-6-5-7-11-19)25(30)28-23-15-14-20(16-17(23)2)29-18(3)27-24-13-9-8-12-22(24)26(29)31/h5-16,21H,4H2,1-3H3,(H,28,30)/t21-/m0/s1. The van der Waals surface area contributed by atoms with Gasteiger partial charge in [0.05, 0.1) is 22.5 Å². The van der Waals surface area contributed by atoms with Gasteiger partial charge in [0, 0.05) is 5.69 Å². The molecule has 0 aliphatic heterocycles. The summed E-state index contributed by atoms with van der Waals surface area (Å²) >= 11 is 0. The number of fused-ring (bicyclic) bond motifs is 1. The summed E-state index contributed by atoms with van der Waals surface area (Å²) in [6, 6.07) is 22.7. The highest BCUT2D eigenvalue weighted by Gasteiger charge is 2.19. The van der Waals surface area contributed by atoms with E-state index in [-0.39, 0.29) is 17.4 Å². The maximum atomic E-state index is 13.1. The van der Waals surface area contributed by atoms with Crippen LogP contribution in [0.4, 0.5) is 5.69 Å². The van der Waals surface area contributed by atoms with Crippen molar-refractivity contribution < 1.29 is 4.79 Å². The van der Waals surface area contributed by atoms with Crippen molar-refractivity contribution in [3.8, 4) is 5.69 Å². The van der Waals surface area contributed by atoms with Crippen LogP contribution in [-0.2, 0) is 4.79 Å². The lowest BCUT2D eigenvalue weighted by molar-refractivity contribution is -0.117. The summed E-state index contributed by atoms with van der Waals surface area (Å²) in [6.07, 6.45) is 0.713. The molecule has 4 aromatic rings. The number of carbonyl (C=O) groups is 1. The van der Waals surface area contributed by atoms with Gasteiger partial charge in [-0.15, -0.1) is 0 Å². The van der Waals surface area contributed by atoms with Gasteiger partial charge in [-0.25, -0.2) is 4.98 Å². The fraction of sp³-hybridized carbons (Fsp3) is 0.192. The van der Waals surface area contributed by atoms with Crippen LogP contribution in [0.25, 0.3) is 16.6 Å². The average Bonchev–Trinajstić information content (AvgIpc) is 2.77. The molecule has 0 fully saturated rings. The van der Waals surface area contributed by atoms with E-state index < -0.39 is 0 Å². The van der Waals surface area contributed by atoms with Gasteiger partial charge in [0.25, 0.3) is 5.56 Å². The predicted octanol–water partition coefficient (Wildman–Crippen LogP) is 5.13. The van der Waals surface area contributed by atoms with Gasteiger partial charge >= 0.3 is 0 Å². The Bertz CT molecular complexity index is 1310. The number of benzene rings is 3. The number of aromatic nitrogens is 2. The number of para-hydroxylation sites is 1. The number of nitrogens with one attached hydrogen (secondary N) is 1. The first kappa shape index (κ1) is 20.5. The van der Waals surface area contributed by atoms with Gasteiger partial charge in [0.2, 0.25) is 5.91 Å². The highest BCUT2D eigenvalue weighted by molar-refractivity contribution is 5.96. The minimum Gasteiger partial charge on any atom is -0.325 e. The number of carbonyl (C=O) groups excluding carboxylic acids is 1. The van der Waals surface area contributed by atoms with Gasteiger partial charge in [0.15, 0.2) is 0 Å². The van der Waals surface area contributed by atoms with E-state index in [0.29, 0.717) is 23.1 Å². The lowest BCUT2D eigenvalue weighted by Crippen LogP contribution is -2.23. The van der Waals surface area contributed by atoms with Crippen molar-refractivity contribution in [1.82, 2.24) is 9.55 Å². The second kappa shape index (κ2) is 8.56. The van der Waals surface area contributed by atoms with Crippen molar-refractivity contribution in [3.05, 3.63) is 100 Å². The first-order valence-corrected chi connectivity index (χ1v) is 10.4. The first-order chi connectivity index (χ1) is 15.0. The van der Waals surface area contributed by atoms with Gasteiger partial charge < -0.3 is 5.32 Å². The van der Waals surface area contributed by atoms with E-state index >= 15 is 0 Å². The molecule has 156 valence electrons. The molecule has 5 nitrogen and oxygen atoms in total. The van der Waals surface area contributed by atoms with Crippen LogP contribution in [0.2, 0.25) is 0 Å². The van der Waals surface area contributed by atoms with Gasteiger partial charge in [-0.3, -0.25) is 14.2 Å². The lowest BCUT2D eigenvalue weighted by atomic mass is 9.95. The van der Waals surface area contributed by atoms with Crippen LogP contribution in [0.15, 0.2) is 77.6 Å². The molecule has 1 aromatic heterocycles. The van der Waals surface area contributed by atoms with Crippen molar-refractivity contribution in [2.75, 3.05) is 5.32 Å². The molecule has 0 unspecified atom stereocenters. The number of nitrogens with zero attached hydrogens (tertiary/aromatic N) is 2. The third-order valence-electron chi connectivity index (χ3n) is 5.60. The SMILES string of the molecule is CC[C@H](C(=O)Nc1ccc(-n2c(C)nc3ccccc3c2=O)cc1C)c1ccccc1. The predicted molar refractivity (Wildman–Crippen MR) is 125 cm³/mol. The summed E-state index contributed by atoms with van der Waals surface area (Å²) in [7, 11) is 0. The zero-order chi connectivity index (χ0) is 22.0. The number of anilines is 1. The number of aryl methyl sites for hydroxylation is 2. The summed E-state index contributed by atoms with van der Waals surface area (Å²) in [5.74, 6) is 0.370. The molecule has 1 atom stereocenters. The molecule has 31 heavy (non-hydrogen) atoms. The normalized spacial score (nSPS) is 12.0. The molecule has 1 amide bonds. The van der Waals surface area contributed by atoms with Gasteiger partial charge in [-0.05, 0) is 61.7 Å². The third kappa shape index (κ3) is 3.99. The van der Waals surface area contributed by atoms with Crippen LogP contribution < -0.4 is 10.9 Å². The van der Waals surface area contributed by atoms with Gasteiger partial charge in [-0.2, -0.15) is 0 Å². The zero-order valence-electron chi connectivity index (χ0n) is 17.9.